The van der Waals surface area contributed by atoms with Gasteiger partial charge in [0.25, 0.3) is 5.97 Å². The van der Waals surface area contributed by atoms with Gasteiger partial charge in [0.15, 0.2) is 5.97 Å². The normalized spacial score (nSPS) is 6.36. The quantitative estimate of drug-likeness (QED) is 0.390. The van der Waals surface area contributed by atoms with Crippen LogP contribution in [-0.4, -0.2) is 38.8 Å². The van der Waals surface area contributed by atoms with Gasteiger partial charge in [-0.1, -0.05) is 6.47 Å². The number of hydrogen-bond acceptors (Lipinski definition) is 4. The van der Waals surface area contributed by atoms with Crippen LogP contribution in [0, 0.1) is 6.10 Å². The Morgan fingerprint density at radius 2 is 1.57 bits per heavy atom. The Morgan fingerprint density at radius 3 is 1.64 bits per heavy atom. The minimum Gasteiger partial charge on any atom is -0.665 e. The molecule has 0 heterocycles. The molecule has 0 saturated carbocycles. The molecule has 0 bridgehead atoms. The summed E-state index contributed by atoms with van der Waals surface area (Å²) < 4.78 is 0. The molecule has 0 aliphatic rings. The Balaban J connectivity index is -0.0000000891. The molecule has 0 aliphatic heterocycles. The standard InChI is InChI=1S/C4H5O5.CHO2.Co.Fe/c5-2(4(8)9)1-3(6)7;2-1-3;;/h5H,1H2,(H,6,7)(H,8,9);(H,2,3);;/q2*-1;+2;. The van der Waals surface area contributed by atoms with E-state index in [0.29, 0.717) is 6.47 Å². The molecular formula is C5H6CoFeO7. The van der Waals surface area contributed by atoms with E-state index in [1.807, 2.05) is 0 Å². The van der Waals surface area contributed by atoms with E-state index in [0.717, 1.165) is 0 Å². The van der Waals surface area contributed by atoms with Crippen LogP contribution in [0.1, 0.15) is 6.42 Å². The van der Waals surface area contributed by atoms with E-state index in [1.54, 1.807) is 0 Å². The number of carbonyl (C=O) groups is 2. The van der Waals surface area contributed by atoms with E-state index in [1.165, 1.54) is 0 Å². The zero-order valence-corrected chi connectivity index (χ0v) is 8.55. The summed E-state index contributed by atoms with van der Waals surface area (Å²) in [6.07, 6.45) is -1.89. The van der Waals surface area contributed by atoms with Crippen LogP contribution < -0.4 is 0 Å². The van der Waals surface area contributed by atoms with Crippen molar-refractivity contribution in [3.63, 3.8) is 0 Å². The second kappa shape index (κ2) is 14.8. The van der Waals surface area contributed by atoms with Crippen LogP contribution >= 0.6 is 0 Å². The Labute approximate surface area is 99.8 Å². The Morgan fingerprint density at radius 1 is 1.29 bits per heavy atom. The predicted molar refractivity (Wildman–Crippen MR) is 33.4 cm³/mol. The number of carboxylic acids is 2. The van der Waals surface area contributed by atoms with Gasteiger partial charge in [0.2, 0.25) is 0 Å². The largest absolute Gasteiger partial charge is 2.00 e. The fraction of sp³-hybridized carbons (Fsp3) is 0.200. The topological polar surface area (TPSA) is 132 Å². The van der Waals surface area contributed by atoms with E-state index in [9.17, 15) is 9.59 Å². The van der Waals surface area contributed by atoms with E-state index < -0.39 is 24.5 Å². The molecule has 0 atom stereocenters. The van der Waals surface area contributed by atoms with Gasteiger partial charge in [-0.05, 0) is 6.42 Å². The summed E-state index contributed by atoms with van der Waals surface area (Å²) in [6.45, 7) is 0.500. The fourth-order valence-corrected chi connectivity index (χ4v) is 0.219. The third-order valence-corrected chi connectivity index (χ3v) is 0.566. The molecule has 0 unspecified atom stereocenters. The first kappa shape index (κ1) is 23.2. The first-order valence-corrected chi connectivity index (χ1v) is 2.46. The van der Waals surface area contributed by atoms with Gasteiger partial charge in [-0.15, -0.1) is 6.10 Å². The van der Waals surface area contributed by atoms with Crippen molar-refractivity contribution >= 4 is 18.4 Å². The molecule has 0 aromatic heterocycles. The fourth-order valence-electron chi connectivity index (χ4n) is 0.219. The van der Waals surface area contributed by atoms with Crippen LogP contribution in [0.2, 0.25) is 0 Å². The molecule has 0 spiro atoms. The third-order valence-electron chi connectivity index (χ3n) is 0.566. The zero-order chi connectivity index (χ0) is 10.1. The molecule has 0 aromatic carbocycles. The van der Waals surface area contributed by atoms with Crippen molar-refractivity contribution in [2.24, 2.45) is 0 Å². The average molecular weight is 293 g/mol. The number of hydrogen-bond donors (Lipinski definition) is 4. The zero-order valence-electron chi connectivity index (χ0n) is 6.41. The second-order valence-electron chi connectivity index (χ2n) is 1.41. The van der Waals surface area contributed by atoms with Gasteiger partial charge < -0.3 is 25.2 Å². The van der Waals surface area contributed by atoms with Crippen LogP contribution in [0.4, 0.5) is 0 Å². The molecule has 0 fully saturated rings. The van der Waals surface area contributed by atoms with E-state index in [2.05, 4.69) is 0 Å². The monoisotopic (exact) mass is 293 g/mol. The maximum atomic E-state index is 9.68. The minimum atomic E-state index is -1.60. The molecule has 0 amide bonds. The van der Waals surface area contributed by atoms with Crippen LogP contribution in [0.5, 0.6) is 0 Å². The molecule has 0 saturated heterocycles. The molecule has 0 rings (SSSR count). The number of carboxylic acid groups (broad SMARTS) is 2. The van der Waals surface area contributed by atoms with Gasteiger partial charge in [0.05, 0.1) is 0 Å². The van der Waals surface area contributed by atoms with Crippen molar-refractivity contribution in [3.05, 3.63) is 6.10 Å². The van der Waals surface area contributed by atoms with E-state index in [4.69, 9.17) is 25.2 Å². The summed E-state index contributed by atoms with van der Waals surface area (Å²) in [7, 11) is 0. The molecule has 9 heteroatoms. The molecule has 7 nitrogen and oxygen atoms in total. The van der Waals surface area contributed by atoms with Crippen molar-refractivity contribution < 1.29 is 68.7 Å². The summed E-state index contributed by atoms with van der Waals surface area (Å²) >= 11 is 0. The van der Waals surface area contributed by atoms with Gasteiger partial charge in [0, 0.05) is 17.1 Å². The molecule has 4 N–H and O–H groups in total. The molecule has 1 radical (unpaired) electrons. The van der Waals surface area contributed by atoms with Crippen LogP contribution in [0.15, 0.2) is 0 Å². The van der Waals surface area contributed by atoms with Crippen molar-refractivity contribution in [1.82, 2.24) is 0 Å². The van der Waals surface area contributed by atoms with Crippen molar-refractivity contribution in [2.45, 2.75) is 6.42 Å². The number of aliphatic carboxylic acids is 2. The first-order chi connectivity index (χ1) is 5.45. The number of rotatable bonds is 3. The van der Waals surface area contributed by atoms with Crippen LogP contribution in [-0.2, 0) is 48.2 Å². The Hall–Kier alpha value is -0.734. The predicted octanol–water partition coefficient (Wildman–Crippen LogP) is -0.943. The van der Waals surface area contributed by atoms with Gasteiger partial charge in [0.1, 0.15) is 0 Å². The molecule has 85 valence electrons. The smallest absolute Gasteiger partial charge is 0.665 e. The summed E-state index contributed by atoms with van der Waals surface area (Å²) in [6, 6.07) is 0. The van der Waals surface area contributed by atoms with E-state index in [-0.39, 0.29) is 33.8 Å². The van der Waals surface area contributed by atoms with E-state index >= 15 is 0 Å². The number of aliphatic hydroxyl groups is 1. The van der Waals surface area contributed by atoms with Crippen molar-refractivity contribution in [2.75, 3.05) is 0 Å². The molecule has 0 aliphatic carbocycles. The third kappa shape index (κ3) is 22.5. The van der Waals surface area contributed by atoms with Gasteiger partial charge in [-0.3, -0.25) is 9.59 Å². The SMILES string of the molecule is O=C(O)C[C-](O)C(=O)O.O=[C-]O.[Co+2].[Fe]. The Kier molecular flexibility index (Phi) is 24.5. The molecule has 0 aromatic rings. The first-order valence-electron chi connectivity index (χ1n) is 2.46. The summed E-state index contributed by atoms with van der Waals surface area (Å²) in [4.78, 5) is 27.6. The second-order valence-corrected chi connectivity index (χ2v) is 1.41. The van der Waals surface area contributed by atoms with Crippen LogP contribution in [0.25, 0.3) is 0 Å². The van der Waals surface area contributed by atoms with Gasteiger partial charge >= 0.3 is 16.8 Å². The Bertz CT molecular complexity index is 173. The van der Waals surface area contributed by atoms with Crippen LogP contribution in [0.3, 0.4) is 0 Å². The maximum absolute atomic E-state index is 9.68. The summed E-state index contributed by atoms with van der Waals surface area (Å²) in [5, 5.41) is 30.8. The minimum absolute atomic E-state index is 0. The maximum Gasteiger partial charge on any atom is 2.00 e. The summed E-state index contributed by atoms with van der Waals surface area (Å²) in [5.74, 6) is -2.97. The number of aliphatic hydroxyl groups excluding tert-OH is 2. The van der Waals surface area contributed by atoms with Gasteiger partial charge in [-0.2, -0.15) is 0 Å². The summed E-state index contributed by atoms with van der Waals surface area (Å²) in [5.41, 5.74) is 0. The molecule has 14 heavy (non-hydrogen) atoms. The molecular weight excluding hydrogens is 287 g/mol. The van der Waals surface area contributed by atoms with Crippen molar-refractivity contribution in [1.29, 1.82) is 0 Å². The average Bonchev–Trinajstić information content (AvgIpc) is 1.87. The van der Waals surface area contributed by atoms with Crippen molar-refractivity contribution in [3.8, 4) is 0 Å². The van der Waals surface area contributed by atoms with Gasteiger partial charge in [-0.25, -0.2) is 0 Å².